The molecule has 0 heterocycles. The maximum atomic E-state index is 13.1. The molecule has 0 rings (SSSR count). The van der Waals surface area contributed by atoms with E-state index in [1.165, 1.54) is 51.4 Å². The summed E-state index contributed by atoms with van der Waals surface area (Å²) >= 11 is 0. The maximum Gasteiger partial charge on any atom is 0.472 e. The summed E-state index contributed by atoms with van der Waals surface area (Å²) in [6.45, 7) is 4.52. The number of carbonyl (C=O) groups is 4. The fraction of sp³-hybridized carbons (Fsp3) is 0.687. The summed E-state index contributed by atoms with van der Waals surface area (Å²) in [5.74, 6) is -2.26. The van der Waals surface area contributed by atoms with Crippen LogP contribution < -0.4 is 0 Å². The molecule has 0 spiro atoms. The molecule has 0 aliphatic rings. The predicted octanol–water partition coefficient (Wildman–Crippen LogP) is 22.9. The lowest BCUT2D eigenvalue weighted by Crippen LogP contribution is -2.30. The molecule has 0 aromatic carbocycles. The van der Waals surface area contributed by atoms with Crippen LogP contribution in [0, 0.1) is 0 Å². The number of allylic oxidation sites excluding steroid dienone is 22. The van der Waals surface area contributed by atoms with Crippen LogP contribution in [0.2, 0.25) is 0 Å². The van der Waals surface area contributed by atoms with E-state index in [2.05, 4.69) is 161 Å². The molecule has 19 heteroatoms. The van der Waals surface area contributed by atoms with Crippen molar-refractivity contribution in [2.75, 3.05) is 39.6 Å². The number of unbranched alkanes of at least 4 members (excludes halogenated alkanes) is 25. The van der Waals surface area contributed by atoms with Crippen molar-refractivity contribution < 1.29 is 80.2 Å². The summed E-state index contributed by atoms with van der Waals surface area (Å²) in [5, 5.41) is 10.6. The molecule has 0 bridgehead atoms. The zero-order chi connectivity index (χ0) is 74.6. The average molecular weight is 1470 g/mol. The molecule has 0 aromatic rings. The molecular formula is C83H140O17P2. The van der Waals surface area contributed by atoms with Crippen molar-refractivity contribution in [1.82, 2.24) is 0 Å². The zero-order valence-corrected chi connectivity index (χ0v) is 65.5. The van der Waals surface area contributed by atoms with Crippen LogP contribution in [0.5, 0.6) is 0 Å². The van der Waals surface area contributed by atoms with Crippen LogP contribution in [-0.4, -0.2) is 96.7 Å². The van der Waals surface area contributed by atoms with E-state index in [0.29, 0.717) is 25.7 Å². The smallest absolute Gasteiger partial charge is 0.462 e. The number of phosphoric acid groups is 2. The molecule has 584 valence electrons. The first-order valence-electron chi connectivity index (χ1n) is 39.4. The molecule has 3 N–H and O–H groups in total. The monoisotopic (exact) mass is 1470 g/mol. The summed E-state index contributed by atoms with van der Waals surface area (Å²) in [7, 11) is -9.98. The number of phosphoric ester groups is 2. The van der Waals surface area contributed by atoms with E-state index in [1.807, 2.05) is 0 Å². The lowest BCUT2D eigenvalue weighted by molar-refractivity contribution is -0.161. The third-order valence-corrected chi connectivity index (χ3v) is 18.0. The first kappa shape index (κ1) is 97.2. The van der Waals surface area contributed by atoms with Crippen molar-refractivity contribution in [3.63, 3.8) is 0 Å². The van der Waals surface area contributed by atoms with Crippen LogP contribution in [0.15, 0.2) is 134 Å². The number of ether oxygens (including phenoxy) is 4. The van der Waals surface area contributed by atoms with Crippen LogP contribution in [0.3, 0.4) is 0 Å². The number of aliphatic hydroxyl groups excluding tert-OH is 1. The van der Waals surface area contributed by atoms with E-state index in [9.17, 15) is 43.2 Å². The highest BCUT2D eigenvalue weighted by molar-refractivity contribution is 7.47. The molecule has 0 fully saturated rings. The van der Waals surface area contributed by atoms with Gasteiger partial charge in [-0.25, -0.2) is 9.13 Å². The highest BCUT2D eigenvalue weighted by Gasteiger charge is 2.30. The molecule has 17 nitrogen and oxygen atoms in total. The predicted molar refractivity (Wildman–Crippen MR) is 418 cm³/mol. The fourth-order valence-corrected chi connectivity index (χ4v) is 11.7. The van der Waals surface area contributed by atoms with Gasteiger partial charge < -0.3 is 33.8 Å². The van der Waals surface area contributed by atoms with Gasteiger partial charge in [0.1, 0.15) is 19.3 Å². The second-order valence-corrected chi connectivity index (χ2v) is 28.8. The molecule has 102 heavy (non-hydrogen) atoms. The molecule has 0 saturated heterocycles. The Bertz CT molecular complexity index is 2460. The van der Waals surface area contributed by atoms with Crippen LogP contribution in [-0.2, 0) is 65.4 Å². The van der Waals surface area contributed by atoms with Crippen molar-refractivity contribution in [3.8, 4) is 0 Å². The van der Waals surface area contributed by atoms with Crippen LogP contribution >= 0.6 is 15.6 Å². The van der Waals surface area contributed by atoms with Crippen molar-refractivity contribution in [1.29, 1.82) is 0 Å². The summed E-state index contributed by atoms with van der Waals surface area (Å²) in [4.78, 5) is 72.9. The van der Waals surface area contributed by atoms with Crippen molar-refractivity contribution in [2.45, 2.75) is 329 Å². The lowest BCUT2D eigenvalue weighted by Gasteiger charge is -2.21. The molecule has 5 atom stereocenters. The third-order valence-electron chi connectivity index (χ3n) is 16.1. The van der Waals surface area contributed by atoms with E-state index in [-0.39, 0.29) is 25.7 Å². The Morgan fingerprint density at radius 2 is 0.520 bits per heavy atom. The van der Waals surface area contributed by atoms with Gasteiger partial charge >= 0.3 is 39.5 Å². The number of hydrogen-bond acceptors (Lipinski definition) is 15. The van der Waals surface area contributed by atoms with Crippen molar-refractivity contribution >= 4 is 39.5 Å². The Kier molecular flexibility index (Phi) is 71.0. The number of hydrogen-bond donors (Lipinski definition) is 3. The Morgan fingerprint density at radius 3 is 0.833 bits per heavy atom. The third kappa shape index (κ3) is 73.5. The summed E-state index contributed by atoms with van der Waals surface area (Å²) in [6.07, 6.45) is 83.0. The lowest BCUT2D eigenvalue weighted by atomic mass is 10.1. The fourth-order valence-electron chi connectivity index (χ4n) is 10.1. The molecule has 0 aliphatic carbocycles. The second kappa shape index (κ2) is 74.5. The highest BCUT2D eigenvalue weighted by atomic mass is 31.2. The normalized spacial score (nSPS) is 14.6. The minimum absolute atomic E-state index is 0.0733. The van der Waals surface area contributed by atoms with E-state index >= 15 is 0 Å². The van der Waals surface area contributed by atoms with Gasteiger partial charge in [0, 0.05) is 25.7 Å². The first-order chi connectivity index (χ1) is 49.7. The molecule has 0 radical (unpaired) electrons. The second-order valence-electron chi connectivity index (χ2n) is 25.9. The Balaban J connectivity index is 5.38. The number of esters is 4. The van der Waals surface area contributed by atoms with Crippen molar-refractivity contribution in [3.05, 3.63) is 134 Å². The molecular weight excluding hydrogens is 1330 g/mol. The topological polar surface area (TPSA) is 237 Å². The van der Waals surface area contributed by atoms with Gasteiger partial charge in [0.15, 0.2) is 12.2 Å². The average Bonchev–Trinajstić information content (AvgIpc) is 0.926. The van der Waals surface area contributed by atoms with E-state index in [4.69, 9.17) is 37.0 Å². The zero-order valence-electron chi connectivity index (χ0n) is 63.7. The standard InChI is InChI=1S/C83H140O17P2/c1-5-9-13-17-21-25-29-32-35-37-38-40-43-45-49-52-56-60-64-68-80(85)93-73-78(99-82(87)69-65-61-57-53-47-28-24-20-16-12-8-4)75-97-101(89,90)95-71-77(84)72-96-102(91,92)98-76-79(100-83(88)70-66-62-58-54-50-46-41-34-31-27-23-19-15-11-7-3)74-94-81(86)67-63-59-55-51-48-44-42-39-36-33-30-26-22-18-14-10-6-2/h9-10,13-14,20-22,24-26,32-36,38,40-42,44-45,49,77-79,84H,5-8,11-12,15-19,23,27-31,37,39,43,46-48,50-76H2,1-4H3,(H,89,90)(H,91,92)/b13-9-,14-10-,24-20-,25-21-,26-22-,35-32-,36-33-,40-38-,41-34-,44-42-,49-45-. The van der Waals surface area contributed by atoms with Crippen LogP contribution in [0.4, 0.5) is 0 Å². The van der Waals surface area contributed by atoms with Gasteiger partial charge in [-0.15, -0.1) is 0 Å². The largest absolute Gasteiger partial charge is 0.472 e. The minimum Gasteiger partial charge on any atom is -0.462 e. The molecule has 0 saturated carbocycles. The van der Waals surface area contributed by atoms with Gasteiger partial charge in [0.05, 0.1) is 26.4 Å². The van der Waals surface area contributed by atoms with Gasteiger partial charge in [0.25, 0.3) is 0 Å². The van der Waals surface area contributed by atoms with E-state index in [1.54, 1.807) is 0 Å². The summed E-state index contributed by atoms with van der Waals surface area (Å²) in [5.41, 5.74) is 0. The minimum atomic E-state index is -4.99. The number of rotatable bonds is 73. The molecule has 0 aliphatic heterocycles. The Labute approximate surface area is 618 Å². The number of aliphatic hydroxyl groups is 1. The van der Waals surface area contributed by atoms with Gasteiger partial charge in [0.2, 0.25) is 0 Å². The summed E-state index contributed by atoms with van der Waals surface area (Å²) < 4.78 is 68.5. The van der Waals surface area contributed by atoms with Crippen LogP contribution in [0.1, 0.15) is 310 Å². The maximum absolute atomic E-state index is 13.1. The Hall–Kier alpha value is -4.80. The van der Waals surface area contributed by atoms with Gasteiger partial charge in [-0.1, -0.05) is 264 Å². The van der Waals surface area contributed by atoms with Crippen LogP contribution in [0.25, 0.3) is 0 Å². The van der Waals surface area contributed by atoms with E-state index in [0.717, 1.165) is 180 Å². The quantitative estimate of drug-likeness (QED) is 0.0169. The highest BCUT2D eigenvalue weighted by Crippen LogP contribution is 2.45. The summed E-state index contributed by atoms with van der Waals surface area (Å²) in [6, 6.07) is 0. The number of carbonyl (C=O) groups excluding carboxylic acids is 4. The van der Waals surface area contributed by atoms with Gasteiger partial charge in [-0.2, -0.15) is 0 Å². The first-order valence-corrected chi connectivity index (χ1v) is 42.4. The molecule has 0 amide bonds. The molecule has 5 unspecified atom stereocenters. The van der Waals surface area contributed by atoms with Gasteiger partial charge in [-0.05, 0) is 154 Å². The Morgan fingerprint density at radius 1 is 0.284 bits per heavy atom. The molecule has 0 aromatic heterocycles. The van der Waals surface area contributed by atoms with Gasteiger partial charge in [-0.3, -0.25) is 37.3 Å². The van der Waals surface area contributed by atoms with E-state index < -0.39 is 97.5 Å². The SMILES string of the molecule is CC/C=C\C/C=C\C/C=C\C/C=C\C/C=C\CCCCCC(=O)OCC(COP(=O)(O)OCC(O)COP(=O)(O)OCC(COC(=O)CCCCCC/C=C\C/C=C\C/C=C\C/C=C\CC)OC(=O)CCCCCCC/C=C\CCCCCCCC)OC(=O)CCCCCCC/C=C\CCCC. The van der Waals surface area contributed by atoms with Crippen molar-refractivity contribution in [2.24, 2.45) is 0 Å².